The number of para-hydroxylation sites is 2. The first kappa shape index (κ1) is 18.2. The molecule has 0 bridgehead atoms. The maximum absolute atomic E-state index is 5.38. The lowest BCUT2D eigenvalue weighted by atomic mass is 10.1. The smallest absolute Gasteiger partial charge is 0.143 e. The van der Waals surface area contributed by atoms with E-state index in [-0.39, 0.29) is 0 Å². The summed E-state index contributed by atoms with van der Waals surface area (Å²) in [5, 5.41) is 0. The summed E-state index contributed by atoms with van der Waals surface area (Å²) in [6.45, 7) is 3.29. The van der Waals surface area contributed by atoms with Crippen LogP contribution in [-0.4, -0.2) is 13.7 Å². The number of rotatable bonds is 8. The normalized spacial score (nSPS) is 11.3. The molecule has 0 fully saturated rings. The Labute approximate surface area is 157 Å². The van der Waals surface area contributed by atoms with E-state index in [1.807, 2.05) is 0 Å². The quantitative estimate of drug-likeness (QED) is 0.320. The maximum Gasteiger partial charge on any atom is 0.143 e. The van der Waals surface area contributed by atoms with Crippen LogP contribution in [-0.2, 0) is 0 Å². The summed E-state index contributed by atoms with van der Waals surface area (Å²) in [4.78, 5) is 0. The molecule has 0 unspecified atom stereocenters. The minimum atomic E-state index is 0.728. The summed E-state index contributed by atoms with van der Waals surface area (Å²) >= 11 is 0. The third-order valence-electron chi connectivity index (χ3n) is 5.00. The third-order valence-corrected chi connectivity index (χ3v) is 5.00. The van der Waals surface area contributed by atoms with E-state index >= 15 is 0 Å². The molecule has 0 atom stereocenters. The molecule has 0 radical (unpaired) electrons. The number of hydrogen-bond acceptors (Lipinski definition) is 1. The van der Waals surface area contributed by atoms with Gasteiger partial charge >= 0.3 is 0 Å². The van der Waals surface area contributed by atoms with Crippen LogP contribution in [0.1, 0.15) is 26.2 Å². The van der Waals surface area contributed by atoms with Crippen molar-refractivity contribution in [1.82, 2.24) is 4.48 Å². The molecule has 0 N–H and O–H groups in total. The third kappa shape index (κ3) is 3.66. The van der Waals surface area contributed by atoms with Crippen molar-refractivity contribution in [2.24, 2.45) is 0 Å². The van der Waals surface area contributed by atoms with Crippen LogP contribution < -0.4 is 9.22 Å². The molecule has 0 amide bonds. The van der Waals surface area contributed by atoms with Gasteiger partial charge in [-0.15, -0.1) is 0 Å². The largest absolute Gasteiger partial charge is 0.497 e. The van der Waals surface area contributed by atoms with Crippen LogP contribution in [0, 0.1) is 0 Å². The summed E-state index contributed by atoms with van der Waals surface area (Å²) in [5.41, 5.74) is 3.85. The Morgan fingerprint density at radius 2 is 1.15 bits per heavy atom. The Kier molecular flexibility index (Phi) is 6.08. The van der Waals surface area contributed by atoms with Gasteiger partial charge in [0.15, 0.2) is 0 Å². The Morgan fingerprint density at radius 1 is 0.654 bits per heavy atom. The molecule has 0 aromatic heterocycles. The van der Waals surface area contributed by atoms with Gasteiger partial charge in [0, 0.05) is 12.1 Å². The van der Waals surface area contributed by atoms with E-state index in [1.165, 1.54) is 36.3 Å². The molecule has 0 saturated carbocycles. The SMILES string of the molecule is CCCCC[N+](c1ccccc1)(c1ccccc1)c1ccc(OC)cc1. The number of methoxy groups -OCH3 is 1. The molecular weight excluding hydrogens is 318 g/mol. The van der Waals surface area contributed by atoms with Crippen LogP contribution in [0.2, 0.25) is 0 Å². The lowest BCUT2D eigenvalue weighted by Gasteiger charge is -2.37. The fourth-order valence-electron chi connectivity index (χ4n) is 3.64. The number of unbranched alkanes of at least 4 members (excludes halogenated alkanes) is 2. The van der Waals surface area contributed by atoms with Crippen LogP contribution in [0.25, 0.3) is 0 Å². The molecule has 3 rings (SSSR count). The molecule has 0 saturated heterocycles. The van der Waals surface area contributed by atoms with Crippen LogP contribution in [0.4, 0.5) is 17.1 Å². The first-order valence-corrected chi connectivity index (χ1v) is 9.45. The Morgan fingerprint density at radius 3 is 1.62 bits per heavy atom. The van der Waals surface area contributed by atoms with Crippen LogP contribution in [0.15, 0.2) is 84.9 Å². The van der Waals surface area contributed by atoms with Crippen molar-refractivity contribution < 1.29 is 4.74 Å². The van der Waals surface area contributed by atoms with Crippen LogP contribution in [0.3, 0.4) is 0 Å². The Balaban J connectivity index is 2.19. The van der Waals surface area contributed by atoms with Crippen molar-refractivity contribution in [2.45, 2.75) is 26.2 Å². The highest BCUT2D eigenvalue weighted by Gasteiger charge is 2.35. The summed E-state index contributed by atoms with van der Waals surface area (Å²) in [6, 6.07) is 30.2. The van der Waals surface area contributed by atoms with Crippen molar-refractivity contribution in [3.8, 4) is 5.75 Å². The molecule has 0 aliphatic rings. The second-order valence-electron chi connectivity index (χ2n) is 6.61. The van der Waals surface area contributed by atoms with Crippen molar-refractivity contribution in [3.63, 3.8) is 0 Å². The average molecular weight is 346 g/mol. The molecule has 0 aliphatic carbocycles. The number of ether oxygens (including phenoxy) is 1. The van der Waals surface area contributed by atoms with Gasteiger partial charge in [0.05, 0.1) is 13.7 Å². The van der Waals surface area contributed by atoms with Gasteiger partial charge in [-0.25, -0.2) is 4.48 Å². The molecule has 134 valence electrons. The van der Waals surface area contributed by atoms with E-state index in [0.29, 0.717) is 0 Å². The maximum atomic E-state index is 5.38. The van der Waals surface area contributed by atoms with Crippen LogP contribution in [0.5, 0.6) is 5.75 Å². The van der Waals surface area contributed by atoms with Gasteiger partial charge in [-0.1, -0.05) is 49.7 Å². The van der Waals surface area contributed by atoms with Gasteiger partial charge < -0.3 is 4.74 Å². The van der Waals surface area contributed by atoms with Crippen LogP contribution >= 0.6 is 0 Å². The van der Waals surface area contributed by atoms with Gasteiger partial charge in [-0.3, -0.25) is 0 Å². The van der Waals surface area contributed by atoms with Crippen molar-refractivity contribution in [3.05, 3.63) is 84.9 Å². The van der Waals surface area contributed by atoms with E-state index in [4.69, 9.17) is 4.74 Å². The summed E-state index contributed by atoms with van der Waals surface area (Å²) in [5.74, 6) is 0.890. The van der Waals surface area contributed by atoms with Crippen molar-refractivity contribution in [2.75, 3.05) is 13.7 Å². The molecule has 0 spiro atoms. The van der Waals surface area contributed by atoms with Gasteiger partial charge in [-0.2, -0.15) is 0 Å². The van der Waals surface area contributed by atoms with E-state index < -0.39 is 0 Å². The Bertz CT molecular complexity index is 742. The first-order valence-electron chi connectivity index (χ1n) is 9.45. The van der Waals surface area contributed by atoms with E-state index in [0.717, 1.165) is 16.8 Å². The minimum absolute atomic E-state index is 0.728. The second kappa shape index (κ2) is 8.68. The van der Waals surface area contributed by atoms with E-state index in [2.05, 4.69) is 91.9 Å². The Hall–Kier alpha value is -2.58. The van der Waals surface area contributed by atoms with E-state index in [9.17, 15) is 0 Å². The predicted molar refractivity (Wildman–Crippen MR) is 111 cm³/mol. The molecule has 3 aromatic carbocycles. The van der Waals surface area contributed by atoms with Gasteiger partial charge in [-0.05, 0) is 49.2 Å². The minimum Gasteiger partial charge on any atom is -0.497 e. The highest BCUT2D eigenvalue weighted by Crippen LogP contribution is 2.44. The number of nitrogens with zero attached hydrogens (tertiary/aromatic N) is 1. The number of hydrogen-bond donors (Lipinski definition) is 0. The zero-order valence-corrected chi connectivity index (χ0v) is 15.8. The number of quaternary nitrogens is 1. The van der Waals surface area contributed by atoms with Gasteiger partial charge in [0.1, 0.15) is 22.8 Å². The van der Waals surface area contributed by atoms with Crippen molar-refractivity contribution in [1.29, 1.82) is 0 Å². The summed E-state index contributed by atoms with van der Waals surface area (Å²) in [6.07, 6.45) is 3.62. The molecular formula is C24H28NO+. The topological polar surface area (TPSA) is 9.23 Å². The molecule has 0 aliphatic heterocycles. The fourth-order valence-corrected chi connectivity index (χ4v) is 3.64. The second-order valence-corrected chi connectivity index (χ2v) is 6.61. The molecule has 0 heterocycles. The lowest BCUT2D eigenvalue weighted by Crippen LogP contribution is -2.39. The monoisotopic (exact) mass is 346 g/mol. The average Bonchev–Trinajstić information content (AvgIpc) is 2.73. The summed E-state index contributed by atoms with van der Waals surface area (Å²) in [7, 11) is 1.72. The summed E-state index contributed by atoms with van der Waals surface area (Å²) < 4.78 is 6.11. The van der Waals surface area contributed by atoms with Gasteiger partial charge in [0.25, 0.3) is 0 Å². The zero-order chi connectivity index (χ0) is 18.2. The zero-order valence-electron chi connectivity index (χ0n) is 15.8. The predicted octanol–water partition coefficient (Wildman–Crippen LogP) is 6.86. The molecule has 2 nitrogen and oxygen atoms in total. The molecule has 3 aromatic rings. The number of benzene rings is 3. The molecule has 2 heteroatoms. The standard InChI is InChI=1S/C24H28NO/c1-3-4-11-20-25(21-12-7-5-8-13-21,22-14-9-6-10-15-22)23-16-18-24(26-2)19-17-23/h5-10,12-19H,3-4,11,20H2,1-2H3/q+1. The van der Waals surface area contributed by atoms with Crippen molar-refractivity contribution >= 4 is 17.1 Å². The highest BCUT2D eigenvalue weighted by molar-refractivity contribution is 5.71. The first-order chi connectivity index (χ1) is 12.8. The van der Waals surface area contributed by atoms with E-state index in [1.54, 1.807) is 7.11 Å². The lowest BCUT2D eigenvalue weighted by molar-refractivity contribution is 0.414. The molecule has 26 heavy (non-hydrogen) atoms. The van der Waals surface area contributed by atoms with Gasteiger partial charge in [0.2, 0.25) is 0 Å². The highest BCUT2D eigenvalue weighted by atomic mass is 16.5. The fraction of sp³-hybridized carbons (Fsp3) is 0.250.